The summed E-state index contributed by atoms with van der Waals surface area (Å²) in [5.41, 5.74) is 1.29. The fourth-order valence-corrected chi connectivity index (χ4v) is 5.35. The van der Waals surface area contributed by atoms with Crippen LogP contribution in [0.2, 0.25) is 0 Å². The Morgan fingerprint density at radius 2 is 2.12 bits per heavy atom. The standard InChI is InChI=1S/C18H23N3O2S/c1-23-14(22)9-11-7-8-13-15(11)16-17(19-10-20-18(16)24-13)21-12-5-3-2-4-6-12/h10-12H,2-9H2,1H3,(H,19,20,21). The molecular formula is C18H23N3O2S. The lowest BCUT2D eigenvalue weighted by Gasteiger charge is -2.24. The summed E-state index contributed by atoms with van der Waals surface area (Å²) in [6.45, 7) is 0. The second-order valence-electron chi connectivity index (χ2n) is 6.84. The van der Waals surface area contributed by atoms with Crippen molar-refractivity contribution in [1.82, 2.24) is 9.97 Å². The molecule has 1 fully saturated rings. The van der Waals surface area contributed by atoms with Gasteiger partial charge in [0.1, 0.15) is 17.0 Å². The molecule has 0 saturated heterocycles. The van der Waals surface area contributed by atoms with E-state index < -0.39 is 0 Å². The first kappa shape index (κ1) is 15.8. The van der Waals surface area contributed by atoms with E-state index in [2.05, 4.69) is 15.3 Å². The Labute approximate surface area is 145 Å². The van der Waals surface area contributed by atoms with Crippen molar-refractivity contribution in [2.75, 3.05) is 12.4 Å². The highest BCUT2D eigenvalue weighted by atomic mass is 32.1. The smallest absolute Gasteiger partial charge is 0.306 e. The summed E-state index contributed by atoms with van der Waals surface area (Å²) in [7, 11) is 1.46. The molecule has 1 unspecified atom stereocenters. The van der Waals surface area contributed by atoms with Crippen molar-refractivity contribution in [3.05, 3.63) is 16.8 Å². The molecule has 1 atom stereocenters. The molecule has 24 heavy (non-hydrogen) atoms. The summed E-state index contributed by atoms with van der Waals surface area (Å²) in [5, 5.41) is 4.81. The average Bonchev–Trinajstić information content (AvgIpc) is 3.16. The molecule has 0 spiro atoms. The van der Waals surface area contributed by atoms with Crippen LogP contribution in [0.1, 0.15) is 61.3 Å². The Morgan fingerprint density at radius 1 is 1.29 bits per heavy atom. The Balaban J connectivity index is 1.69. The second-order valence-corrected chi connectivity index (χ2v) is 7.92. The lowest BCUT2D eigenvalue weighted by atomic mass is 9.94. The number of nitrogens with zero attached hydrogens (tertiary/aromatic N) is 2. The Morgan fingerprint density at radius 3 is 2.92 bits per heavy atom. The minimum absolute atomic E-state index is 0.133. The molecule has 0 radical (unpaired) electrons. The van der Waals surface area contributed by atoms with Gasteiger partial charge in [0.2, 0.25) is 0 Å². The first-order chi connectivity index (χ1) is 11.8. The Bertz CT molecular complexity index is 752. The van der Waals surface area contributed by atoms with Crippen LogP contribution in [-0.2, 0) is 16.0 Å². The predicted octanol–water partition coefficient (Wildman–Crippen LogP) is 4.03. The van der Waals surface area contributed by atoms with Gasteiger partial charge in [-0.2, -0.15) is 0 Å². The van der Waals surface area contributed by atoms with E-state index in [1.807, 2.05) is 0 Å². The fraction of sp³-hybridized carbons (Fsp3) is 0.611. The number of aromatic nitrogens is 2. The zero-order chi connectivity index (χ0) is 16.5. The normalized spacial score (nSPS) is 21.0. The number of ether oxygens (including phenoxy) is 1. The van der Waals surface area contributed by atoms with Crippen LogP contribution >= 0.6 is 11.3 Å². The molecule has 0 aliphatic heterocycles. The van der Waals surface area contributed by atoms with Gasteiger partial charge < -0.3 is 10.1 Å². The van der Waals surface area contributed by atoms with Crippen molar-refractivity contribution in [3.63, 3.8) is 0 Å². The van der Waals surface area contributed by atoms with Gasteiger partial charge in [0.05, 0.1) is 18.9 Å². The van der Waals surface area contributed by atoms with Gasteiger partial charge in [0, 0.05) is 10.9 Å². The number of methoxy groups -OCH3 is 1. The predicted molar refractivity (Wildman–Crippen MR) is 95.6 cm³/mol. The summed E-state index contributed by atoms with van der Waals surface area (Å²) in [6.07, 6.45) is 10.5. The lowest BCUT2D eigenvalue weighted by molar-refractivity contribution is -0.141. The van der Waals surface area contributed by atoms with E-state index >= 15 is 0 Å². The van der Waals surface area contributed by atoms with Gasteiger partial charge in [-0.1, -0.05) is 19.3 Å². The molecule has 2 aromatic heterocycles. The number of carbonyl (C=O) groups excluding carboxylic acids is 1. The van der Waals surface area contributed by atoms with Crippen molar-refractivity contribution in [3.8, 4) is 0 Å². The molecule has 1 saturated carbocycles. The summed E-state index contributed by atoms with van der Waals surface area (Å²) in [6, 6.07) is 0.507. The quantitative estimate of drug-likeness (QED) is 0.848. The Kier molecular flexibility index (Phi) is 4.39. The number of anilines is 1. The van der Waals surface area contributed by atoms with E-state index in [1.165, 1.54) is 49.7 Å². The van der Waals surface area contributed by atoms with E-state index in [-0.39, 0.29) is 11.9 Å². The third kappa shape index (κ3) is 2.88. The Hall–Kier alpha value is -1.69. The fourth-order valence-electron chi connectivity index (χ4n) is 4.11. The van der Waals surface area contributed by atoms with Crippen molar-refractivity contribution in [2.45, 2.75) is 63.3 Å². The molecule has 2 aliphatic rings. The number of thiophene rings is 1. The number of hydrogen-bond donors (Lipinski definition) is 1. The van der Waals surface area contributed by atoms with E-state index in [4.69, 9.17) is 4.74 Å². The van der Waals surface area contributed by atoms with Crippen LogP contribution in [0, 0.1) is 0 Å². The van der Waals surface area contributed by atoms with Crippen LogP contribution in [0.25, 0.3) is 10.2 Å². The molecule has 4 rings (SSSR count). The van der Waals surface area contributed by atoms with Gasteiger partial charge in [-0.15, -0.1) is 11.3 Å². The maximum absolute atomic E-state index is 11.8. The van der Waals surface area contributed by atoms with E-state index in [1.54, 1.807) is 17.7 Å². The summed E-state index contributed by atoms with van der Waals surface area (Å²) < 4.78 is 4.89. The molecule has 1 N–H and O–H groups in total. The number of esters is 1. The number of hydrogen-bond acceptors (Lipinski definition) is 6. The zero-order valence-corrected chi connectivity index (χ0v) is 14.8. The van der Waals surface area contributed by atoms with E-state index in [9.17, 15) is 4.79 Å². The summed E-state index contributed by atoms with van der Waals surface area (Å²) in [4.78, 5) is 23.2. The highest BCUT2D eigenvalue weighted by Gasteiger charge is 2.31. The first-order valence-corrected chi connectivity index (χ1v) is 9.67. The SMILES string of the molecule is COC(=O)CC1CCc2sc3ncnc(NC4CCCCC4)c3c21. The molecule has 0 amide bonds. The second kappa shape index (κ2) is 6.67. The summed E-state index contributed by atoms with van der Waals surface area (Å²) in [5.74, 6) is 1.06. The molecule has 6 heteroatoms. The topological polar surface area (TPSA) is 64.1 Å². The van der Waals surface area contributed by atoms with Crippen molar-refractivity contribution in [1.29, 1.82) is 0 Å². The van der Waals surface area contributed by atoms with Crippen molar-refractivity contribution < 1.29 is 9.53 Å². The van der Waals surface area contributed by atoms with Crippen LogP contribution in [0.3, 0.4) is 0 Å². The highest BCUT2D eigenvalue weighted by Crippen LogP contribution is 2.46. The molecule has 128 valence electrons. The van der Waals surface area contributed by atoms with Crippen LogP contribution in [-0.4, -0.2) is 29.1 Å². The molecule has 0 aromatic carbocycles. The van der Waals surface area contributed by atoms with Gasteiger partial charge in [-0.05, 0) is 37.2 Å². The van der Waals surface area contributed by atoms with Crippen LogP contribution in [0.4, 0.5) is 5.82 Å². The number of aryl methyl sites for hydroxylation is 1. The van der Waals surface area contributed by atoms with Gasteiger partial charge in [-0.25, -0.2) is 9.97 Å². The third-order valence-electron chi connectivity index (χ3n) is 5.32. The number of carbonyl (C=O) groups is 1. The molecule has 2 heterocycles. The average molecular weight is 345 g/mol. The summed E-state index contributed by atoms with van der Waals surface area (Å²) >= 11 is 1.76. The third-order valence-corrected chi connectivity index (χ3v) is 6.49. The van der Waals surface area contributed by atoms with E-state index in [0.29, 0.717) is 12.5 Å². The number of rotatable bonds is 4. The van der Waals surface area contributed by atoms with Gasteiger partial charge in [0.25, 0.3) is 0 Å². The minimum atomic E-state index is -0.133. The maximum Gasteiger partial charge on any atom is 0.306 e. The monoisotopic (exact) mass is 345 g/mol. The van der Waals surface area contributed by atoms with Gasteiger partial charge in [0.15, 0.2) is 0 Å². The van der Waals surface area contributed by atoms with Crippen LogP contribution < -0.4 is 5.32 Å². The first-order valence-electron chi connectivity index (χ1n) is 8.86. The molecule has 5 nitrogen and oxygen atoms in total. The molecule has 2 aromatic rings. The zero-order valence-electron chi connectivity index (χ0n) is 14.0. The highest BCUT2D eigenvalue weighted by molar-refractivity contribution is 7.19. The van der Waals surface area contributed by atoms with Crippen molar-refractivity contribution in [2.24, 2.45) is 0 Å². The minimum Gasteiger partial charge on any atom is -0.469 e. The maximum atomic E-state index is 11.8. The molecular weight excluding hydrogens is 322 g/mol. The molecule has 2 aliphatic carbocycles. The van der Waals surface area contributed by atoms with Crippen molar-refractivity contribution >= 4 is 33.3 Å². The van der Waals surface area contributed by atoms with Gasteiger partial charge in [-0.3, -0.25) is 4.79 Å². The lowest BCUT2D eigenvalue weighted by Crippen LogP contribution is -2.23. The van der Waals surface area contributed by atoms with E-state index in [0.717, 1.165) is 28.9 Å². The number of nitrogens with one attached hydrogen (secondary N) is 1. The van der Waals surface area contributed by atoms with Crippen LogP contribution in [0.5, 0.6) is 0 Å². The largest absolute Gasteiger partial charge is 0.469 e. The van der Waals surface area contributed by atoms with Gasteiger partial charge >= 0.3 is 5.97 Å². The number of fused-ring (bicyclic) bond motifs is 3. The molecule has 0 bridgehead atoms. The van der Waals surface area contributed by atoms with Crippen LogP contribution in [0.15, 0.2) is 6.33 Å².